The summed E-state index contributed by atoms with van der Waals surface area (Å²) in [5.41, 5.74) is 0.651. The van der Waals surface area contributed by atoms with E-state index in [0.29, 0.717) is 22.2 Å². The highest BCUT2D eigenvalue weighted by Gasteiger charge is 2.57. The van der Waals surface area contributed by atoms with Gasteiger partial charge < -0.3 is 5.11 Å². The maximum absolute atomic E-state index is 13.1. The molecule has 2 amide bonds. The Bertz CT molecular complexity index is 1080. The summed E-state index contributed by atoms with van der Waals surface area (Å²) in [4.78, 5) is 43.1. The lowest BCUT2D eigenvalue weighted by Crippen LogP contribution is -2.73. The summed E-state index contributed by atoms with van der Waals surface area (Å²) < 4.78 is 2.31. The number of aryl methyl sites for hydroxylation is 1. The van der Waals surface area contributed by atoms with Gasteiger partial charge in [-0.15, -0.1) is 22.0 Å². The SMILES string of the molecule is CSc1nccn1N(C(C)=O)C1C(=O)N2C(C(=O)O)=C(CSc3nnc(C)s3)CSC12. The molecule has 1 N–H and O–H groups in total. The monoisotopic (exact) mass is 498 g/mol. The van der Waals surface area contributed by atoms with Crippen molar-refractivity contribution in [2.45, 2.75) is 34.8 Å². The molecule has 4 rings (SSSR count). The zero-order valence-corrected chi connectivity index (χ0v) is 20.0. The van der Waals surface area contributed by atoms with E-state index in [1.54, 1.807) is 17.1 Å². The number of rotatable bonds is 7. The highest BCUT2D eigenvalue weighted by molar-refractivity contribution is 8.01. The van der Waals surface area contributed by atoms with E-state index in [9.17, 15) is 19.5 Å². The first-order valence-electron chi connectivity index (χ1n) is 9.03. The third-order valence-electron chi connectivity index (χ3n) is 4.69. The summed E-state index contributed by atoms with van der Waals surface area (Å²) in [6.45, 7) is 3.24. The van der Waals surface area contributed by atoms with Crippen LogP contribution in [0.15, 0.2) is 33.2 Å². The van der Waals surface area contributed by atoms with Crippen LogP contribution in [0, 0.1) is 6.92 Å². The van der Waals surface area contributed by atoms with E-state index in [1.807, 2.05) is 13.2 Å². The number of amides is 2. The number of β-lactam (4-membered cyclic amide) rings is 1. The molecule has 164 valence electrons. The summed E-state index contributed by atoms with van der Waals surface area (Å²) in [7, 11) is 0. The van der Waals surface area contributed by atoms with Crippen LogP contribution in [-0.4, -0.2) is 76.8 Å². The van der Waals surface area contributed by atoms with Crippen LogP contribution in [0.25, 0.3) is 0 Å². The second-order valence-electron chi connectivity index (χ2n) is 6.61. The van der Waals surface area contributed by atoms with Gasteiger partial charge in [-0.3, -0.25) is 14.5 Å². The van der Waals surface area contributed by atoms with Crippen LogP contribution in [0.4, 0.5) is 0 Å². The lowest BCUT2D eigenvalue weighted by molar-refractivity contribution is -0.150. The maximum atomic E-state index is 13.1. The van der Waals surface area contributed by atoms with Gasteiger partial charge in [0.25, 0.3) is 5.91 Å². The van der Waals surface area contributed by atoms with E-state index in [1.165, 1.54) is 63.5 Å². The molecular weight excluding hydrogens is 480 g/mol. The van der Waals surface area contributed by atoms with Crippen molar-refractivity contribution in [3.63, 3.8) is 0 Å². The fourth-order valence-electron chi connectivity index (χ4n) is 3.43. The number of carboxylic acid groups (broad SMARTS) is 1. The normalized spacial score (nSPS) is 20.5. The zero-order valence-electron chi connectivity index (χ0n) is 16.7. The lowest BCUT2D eigenvalue weighted by Gasteiger charge is -2.52. The molecule has 2 aliphatic rings. The van der Waals surface area contributed by atoms with Crippen molar-refractivity contribution in [2.75, 3.05) is 22.8 Å². The van der Waals surface area contributed by atoms with Crippen LogP contribution in [0.3, 0.4) is 0 Å². The van der Waals surface area contributed by atoms with Gasteiger partial charge in [-0.1, -0.05) is 34.9 Å². The number of carbonyl (C=O) groups excluding carboxylic acids is 2. The van der Waals surface area contributed by atoms with Gasteiger partial charge in [-0.25, -0.2) is 19.5 Å². The van der Waals surface area contributed by atoms with Gasteiger partial charge in [0.15, 0.2) is 15.5 Å². The van der Waals surface area contributed by atoms with E-state index in [-0.39, 0.29) is 11.6 Å². The number of aliphatic carboxylic acids is 1. The van der Waals surface area contributed by atoms with Crippen molar-refractivity contribution in [3.8, 4) is 0 Å². The van der Waals surface area contributed by atoms with Gasteiger partial charge >= 0.3 is 5.97 Å². The summed E-state index contributed by atoms with van der Waals surface area (Å²) in [6.07, 6.45) is 5.01. The van der Waals surface area contributed by atoms with E-state index in [0.717, 1.165) is 9.35 Å². The molecule has 31 heavy (non-hydrogen) atoms. The summed E-state index contributed by atoms with van der Waals surface area (Å²) in [6, 6.07) is -0.794. The van der Waals surface area contributed by atoms with Crippen molar-refractivity contribution in [1.29, 1.82) is 0 Å². The molecule has 4 heterocycles. The van der Waals surface area contributed by atoms with Crippen LogP contribution < -0.4 is 5.01 Å². The Labute approximate surface area is 194 Å². The fourth-order valence-corrected chi connectivity index (χ4v) is 7.27. The van der Waals surface area contributed by atoms with Crippen molar-refractivity contribution in [1.82, 2.24) is 24.8 Å². The first-order chi connectivity index (χ1) is 14.8. The number of carbonyl (C=O) groups is 3. The van der Waals surface area contributed by atoms with E-state index in [4.69, 9.17) is 0 Å². The molecule has 2 aromatic heterocycles. The van der Waals surface area contributed by atoms with Gasteiger partial charge in [-0.2, -0.15) is 0 Å². The zero-order chi connectivity index (χ0) is 22.3. The number of aromatic nitrogens is 4. The molecule has 0 bridgehead atoms. The lowest BCUT2D eigenvalue weighted by atomic mass is 10.0. The molecule has 10 nitrogen and oxygen atoms in total. The van der Waals surface area contributed by atoms with Crippen LogP contribution in [-0.2, 0) is 14.4 Å². The topological polar surface area (TPSA) is 122 Å². The Morgan fingerprint density at radius 1 is 1.39 bits per heavy atom. The van der Waals surface area contributed by atoms with Crippen LogP contribution in [0.1, 0.15) is 11.9 Å². The molecule has 14 heteroatoms. The number of nitrogens with zero attached hydrogens (tertiary/aromatic N) is 6. The Balaban J connectivity index is 1.60. The van der Waals surface area contributed by atoms with E-state index >= 15 is 0 Å². The molecule has 0 aliphatic carbocycles. The second-order valence-corrected chi connectivity index (χ2v) is 10.9. The van der Waals surface area contributed by atoms with Gasteiger partial charge in [-0.05, 0) is 18.8 Å². The number of fused-ring (bicyclic) bond motifs is 1. The third-order valence-corrected chi connectivity index (χ3v) is 8.73. The Morgan fingerprint density at radius 2 is 2.16 bits per heavy atom. The van der Waals surface area contributed by atoms with Gasteiger partial charge in [0, 0.05) is 30.8 Å². The number of hydrogen-bond donors (Lipinski definition) is 1. The van der Waals surface area contributed by atoms with Crippen molar-refractivity contribution in [3.05, 3.63) is 28.7 Å². The molecule has 2 atom stereocenters. The molecule has 2 unspecified atom stereocenters. The molecular formula is C17H18N6O4S4. The molecule has 0 radical (unpaired) electrons. The molecule has 1 fully saturated rings. The second kappa shape index (κ2) is 8.84. The van der Waals surface area contributed by atoms with Gasteiger partial charge in [0.05, 0.1) is 0 Å². The largest absolute Gasteiger partial charge is 0.477 e. The van der Waals surface area contributed by atoms with E-state index in [2.05, 4.69) is 15.2 Å². The predicted octanol–water partition coefficient (Wildman–Crippen LogP) is 1.66. The van der Waals surface area contributed by atoms with Crippen LogP contribution >= 0.6 is 46.6 Å². The van der Waals surface area contributed by atoms with Crippen molar-refractivity contribution < 1.29 is 19.5 Å². The maximum Gasteiger partial charge on any atom is 0.352 e. The minimum atomic E-state index is -1.15. The highest BCUT2D eigenvalue weighted by Crippen LogP contribution is 2.43. The van der Waals surface area contributed by atoms with Crippen molar-refractivity contribution >= 4 is 64.4 Å². The standard InChI is InChI=1S/C17H18N6O4S4/c1-8-19-20-17(31-8)30-7-10-6-29-14-12(13(25)22(14)11(10)15(26)27)23(9(2)24)21-5-4-18-16(21)28-3/h4-5,12,14H,6-7H2,1-3H3,(H,26,27). The average Bonchev–Trinajstić information content (AvgIpc) is 3.37. The number of thioether (sulfide) groups is 3. The predicted molar refractivity (Wildman–Crippen MR) is 120 cm³/mol. The molecule has 1 saturated heterocycles. The molecule has 2 aliphatic heterocycles. The first-order valence-corrected chi connectivity index (χ1v) is 13.1. The fraction of sp³-hybridized carbons (Fsp3) is 0.412. The molecule has 0 aromatic carbocycles. The Morgan fingerprint density at radius 3 is 2.77 bits per heavy atom. The third kappa shape index (κ3) is 3.97. The smallest absolute Gasteiger partial charge is 0.352 e. The molecule has 0 saturated carbocycles. The molecule has 0 spiro atoms. The Kier molecular flexibility index (Phi) is 6.32. The number of imidazole rings is 1. The minimum Gasteiger partial charge on any atom is -0.477 e. The molecule has 2 aromatic rings. The van der Waals surface area contributed by atoms with E-state index < -0.39 is 23.3 Å². The first kappa shape index (κ1) is 22.2. The quantitative estimate of drug-likeness (QED) is 0.445. The average molecular weight is 499 g/mol. The summed E-state index contributed by atoms with van der Waals surface area (Å²) >= 11 is 5.65. The number of carboxylic acids is 1. The summed E-state index contributed by atoms with van der Waals surface area (Å²) in [5.74, 6) is -1.04. The van der Waals surface area contributed by atoms with Crippen LogP contribution in [0.2, 0.25) is 0 Å². The van der Waals surface area contributed by atoms with Crippen molar-refractivity contribution in [2.24, 2.45) is 0 Å². The van der Waals surface area contributed by atoms with Gasteiger partial charge in [0.1, 0.15) is 16.1 Å². The van der Waals surface area contributed by atoms with Crippen LogP contribution in [0.5, 0.6) is 0 Å². The summed E-state index contributed by atoms with van der Waals surface area (Å²) in [5, 5.41) is 20.2. The van der Waals surface area contributed by atoms with Gasteiger partial charge in [0.2, 0.25) is 5.91 Å². The number of hydrogen-bond acceptors (Lipinski definition) is 10. The highest BCUT2D eigenvalue weighted by atomic mass is 32.2. The minimum absolute atomic E-state index is 0.00189. The Hall–Kier alpha value is -2.03.